The maximum atomic E-state index is 13.3. The molecule has 1 amide bonds. The Labute approximate surface area is 148 Å². The first-order valence-corrected chi connectivity index (χ1v) is 8.78. The molecule has 2 aliphatic heterocycles. The zero-order chi connectivity index (χ0) is 17.9. The normalized spacial score (nSPS) is 21.9. The van der Waals surface area contributed by atoms with Gasteiger partial charge in [-0.15, -0.1) is 0 Å². The molecule has 1 atom stereocenters. The number of benzene rings is 1. The average Bonchev–Trinajstić information content (AvgIpc) is 2.59. The third kappa shape index (κ3) is 4.12. The molecule has 1 aromatic carbocycles. The number of hydrogen-bond donors (Lipinski definition) is 0. The minimum absolute atomic E-state index is 0.0261. The minimum atomic E-state index is -0.367. The third-order valence-corrected chi connectivity index (χ3v) is 5.23. The second-order valence-electron chi connectivity index (χ2n) is 7.05. The van der Waals surface area contributed by atoms with Crippen LogP contribution in [0.15, 0.2) is 18.2 Å². The van der Waals surface area contributed by atoms with E-state index in [4.69, 9.17) is 14.2 Å². The van der Waals surface area contributed by atoms with Gasteiger partial charge in [-0.2, -0.15) is 0 Å². The molecule has 1 unspecified atom stereocenters. The quantitative estimate of drug-likeness (QED) is 0.790. The van der Waals surface area contributed by atoms with Gasteiger partial charge in [0.1, 0.15) is 17.2 Å². The monoisotopic (exact) mass is 351 g/mol. The number of halogens is 1. The van der Waals surface area contributed by atoms with Crippen LogP contribution in [0.2, 0.25) is 0 Å². The van der Waals surface area contributed by atoms with Crippen molar-refractivity contribution in [2.24, 2.45) is 5.92 Å². The highest BCUT2D eigenvalue weighted by molar-refractivity contribution is 5.80. The maximum absolute atomic E-state index is 13.3. The van der Waals surface area contributed by atoms with Crippen molar-refractivity contribution in [3.05, 3.63) is 29.6 Å². The topological polar surface area (TPSA) is 48.0 Å². The molecule has 0 saturated carbocycles. The molecule has 25 heavy (non-hydrogen) atoms. The van der Waals surface area contributed by atoms with Crippen LogP contribution in [0, 0.1) is 11.7 Å². The SMILES string of the molecule is COCCC1CCOC2(C1)CN(C(=O)Cc1ccc(F)cc1OC)C2. The van der Waals surface area contributed by atoms with Gasteiger partial charge in [-0.3, -0.25) is 4.79 Å². The molecule has 1 aromatic rings. The molecule has 0 aliphatic carbocycles. The Morgan fingerprint density at radius 3 is 2.92 bits per heavy atom. The van der Waals surface area contributed by atoms with Gasteiger partial charge in [-0.05, 0) is 31.2 Å². The first kappa shape index (κ1) is 18.1. The zero-order valence-corrected chi connectivity index (χ0v) is 14.9. The van der Waals surface area contributed by atoms with E-state index >= 15 is 0 Å². The minimum Gasteiger partial charge on any atom is -0.496 e. The van der Waals surface area contributed by atoms with Gasteiger partial charge in [0, 0.05) is 32.0 Å². The lowest BCUT2D eigenvalue weighted by molar-refractivity contribution is -0.188. The van der Waals surface area contributed by atoms with E-state index in [9.17, 15) is 9.18 Å². The van der Waals surface area contributed by atoms with E-state index < -0.39 is 0 Å². The molecule has 2 heterocycles. The number of amides is 1. The molecular weight excluding hydrogens is 325 g/mol. The molecular formula is C19H26FNO4. The number of ether oxygens (including phenoxy) is 3. The van der Waals surface area contributed by atoms with Crippen LogP contribution >= 0.6 is 0 Å². The number of nitrogens with zero attached hydrogens (tertiary/aromatic N) is 1. The summed E-state index contributed by atoms with van der Waals surface area (Å²) in [7, 11) is 3.21. The van der Waals surface area contributed by atoms with Gasteiger partial charge in [-0.1, -0.05) is 6.07 Å². The summed E-state index contributed by atoms with van der Waals surface area (Å²) in [6, 6.07) is 4.28. The highest BCUT2D eigenvalue weighted by Crippen LogP contribution is 2.38. The number of carbonyl (C=O) groups is 1. The van der Waals surface area contributed by atoms with Crippen molar-refractivity contribution in [2.75, 3.05) is 40.5 Å². The van der Waals surface area contributed by atoms with Crippen LogP contribution in [0.25, 0.3) is 0 Å². The van der Waals surface area contributed by atoms with Crippen LogP contribution < -0.4 is 4.74 Å². The Hall–Kier alpha value is -1.66. The summed E-state index contributed by atoms with van der Waals surface area (Å²) < 4.78 is 29.6. The van der Waals surface area contributed by atoms with Gasteiger partial charge in [0.2, 0.25) is 5.91 Å². The second kappa shape index (κ2) is 7.70. The summed E-state index contributed by atoms with van der Waals surface area (Å²) in [4.78, 5) is 14.3. The molecule has 138 valence electrons. The lowest BCUT2D eigenvalue weighted by Crippen LogP contribution is -2.66. The first-order chi connectivity index (χ1) is 12.0. The number of carbonyl (C=O) groups excluding carboxylic acids is 1. The highest BCUT2D eigenvalue weighted by Gasteiger charge is 2.48. The highest BCUT2D eigenvalue weighted by atomic mass is 19.1. The molecule has 6 heteroatoms. The lowest BCUT2D eigenvalue weighted by atomic mass is 9.79. The van der Waals surface area contributed by atoms with Crippen molar-refractivity contribution in [3.8, 4) is 5.75 Å². The van der Waals surface area contributed by atoms with E-state index in [2.05, 4.69) is 0 Å². The van der Waals surface area contributed by atoms with E-state index in [1.54, 1.807) is 13.2 Å². The predicted octanol–water partition coefficient (Wildman–Crippen LogP) is 2.42. The average molecular weight is 351 g/mol. The molecule has 0 N–H and O–H groups in total. The van der Waals surface area contributed by atoms with Gasteiger partial charge in [0.05, 0.1) is 26.6 Å². The van der Waals surface area contributed by atoms with E-state index in [0.29, 0.717) is 30.3 Å². The molecule has 0 bridgehead atoms. The van der Waals surface area contributed by atoms with Crippen LogP contribution in [0.3, 0.4) is 0 Å². The van der Waals surface area contributed by atoms with Crippen molar-refractivity contribution in [3.63, 3.8) is 0 Å². The fourth-order valence-electron chi connectivity index (χ4n) is 3.85. The van der Waals surface area contributed by atoms with Gasteiger partial charge in [-0.25, -0.2) is 4.39 Å². The lowest BCUT2D eigenvalue weighted by Gasteiger charge is -2.53. The van der Waals surface area contributed by atoms with Gasteiger partial charge >= 0.3 is 0 Å². The fraction of sp³-hybridized carbons (Fsp3) is 0.632. The Morgan fingerprint density at radius 1 is 1.40 bits per heavy atom. The van der Waals surface area contributed by atoms with Crippen LogP contribution in [-0.4, -0.2) is 56.9 Å². The number of hydrogen-bond acceptors (Lipinski definition) is 4. The summed E-state index contributed by atoms with van der Waals surface area (Å²) >= 11 is 0. The Kier molecular flexibility index (Phi) is 5.59. The number of likely N-dealkylation sites (tertiary alicyclic amines) is 1. The largest absolute Gasteiger partial charge is 0.496 e. The standard InChI is InChI=1S/C19H26FNO4/c1-23-7-5-14-6-8-25-19(11-14)12-21(13-19)18(22)9-15-3-4-16(20)10-17(15)24-2/h3-4,10,14H,5-9,11-13H2,1-2H3. The fourth-order valence-corrected chi connectivity index (χ4v) is 3.85. The summed E-state index contributed by atoms with van der Waals surface area (Å²) in [5.74, 6) is 0.673. The van der Waals surface area contributed by atoms with E-state index in [-0.39, 0.29) is 23.7 Å². The van der Waals surface area contributed by atoms with Crippen LogP contribution in [0.5, 0.6) is 5.75 Å². The Bertz CT molecular complexity index is 615. The smallest absolute Gasteiger partial charge is 0.227 e. The van der Waals surface area contributed by atoms with Crippen molar-refractivity contribution in [2.45, 2.75) is 31.3 Å². The summed E-state index contributed by atoms with van der Waals surface area (Å²) in [5, 5.41) is 0. The molecule has 5 nitrogen and oxygen atoms in total. The maximum Gasteiger partial charge on any atom is 0.227 e. The number of methoxy groups -OCH3 is 2. The molecule has 2 fully saturated rings. The Morgan fingerprint density at radius 2 is 2.20 bits per heavy atom. The summed E-state index contributed by atoms with van der Waals surface area (Å²) in [6.07, 6.45) is 3.31. The van der Waals surface area contributed by atoms with E-state index in [1.165, 1.54) is 19.2 Å². The number of rotatable bonds is 6. The van der Waals surface area contributed by atoms with Crippen molar-refractivity contribution < 1.29 is 23.4 Å². The van der Waals surface area contributed by atoms with Crippen LogP contribution in [-0.2, 0) is 20.7 Å². The molecule has 3 rings (SSSR count). The molecule has 1 spiro atoms. The molecule has 2 aliphatic rings. The summed E-state index contributed by atoms with van der Waals surface area (Å²) in [5.41, 5.74) is 0.525. The van der Waals surface area contributed by atoms with Gasteiger partial charge < -0.3 is 19.1 Å². The van der Waals surface area contributed by atoms with Crippen LogP contribution in [0.1, 0.15) is 24.8 Å². The van der Waals surface area contributed by atoms with Crippen LogP contribution in [0.4, 0.5) is 4.39 Å². The third-order valence-electron chi connectivity index (χ3n) is 5.23. The first-order valence-electron chi connectivity index (χ1n) is 8.78. The second-order valence-corrected chi connectivity index (χ2v) is 7.05. The zero-order valence-electron chi connectivity index (χ0n) is 14.9. The van der Waals surface area contributed by atoms with E-state index in [1.807, 2.05) is 4.90 Å². The van der Waals surface area contributed by atoms with Crippen molar-refractivity contribution in [1.29, 1.82) is 0 Å². The van der Waals surface area contributed by atoms with Gasteiger partial charge in [0.25, 0.3) is 0 Å². The molecule has 0 radical (unpaired) electrons. The van der Waals surface area contributed by atoms with Gasteiger partial charge in [0.15, 0.2) is 0 Å². The summed E-state index contributed by atoms with van der Waals surface area (Å²) in [6.45, 7) is 2.80. The predicted molar refractivity (Wildman–Crippen MR) is 91.1 cm³/mol. The molecule has 0 aromatic heterocycles. The van der Waals surface area contributed by atoms with Crippen molar-refractivity contribution in [1.82, 2.24) is 4.90 Å². The Balaban J connectivity index is 1.54. The van der Waals surface area contributed by atoms with Crippen molar-refractivity contribution >= 4 is 5.91 Å². The van der Waals surface area contributed by atoms with E-state index in [0.717, 1.165) is 32.5 Å². The molecule has 2 saturated heterocycles.